The summed E-state index contributed by atoms with van der Waals surface area (Å²) in [6.45, 7) is 7.43. The van der Waals surface area contributed by atoms with Crippen LogP contribution in [0.25, 0.3) is 33.3 Å². The Bertz CT molecular complexity index is 1340. The Morgan fingerprint density at radius 1 is 1.25 bits per heavy atom. The van der Waals surface area contributed by atoms with E-state index < -0.39 is 11.4 Å². The molecule has 1 aliphatic rings. The predicted molar refractivity (Wildman–Crippen MR) is 126 cm³/mol. The number of rotatable bonds is 6. The summed E-state index contributed by atoms with van der Waals surface area (Å²) in [6.07, 6.45) is 1.24. The molecule has 1 atom stereocenters. The molecule has 7 nitrogen and oxygen atoms in total. The highest BCUT2D eigenvalue weighted by molar-refractivity contribution is 5.98. The molecular weight excluding hydrogens is 407 g/mol. The number of aromatic nitrogens is 3. The largest absolute Gasteiger partial charge is 0.397 e. The smallest absolute Gasteiger partial charge is 0.261 e. The highest BCUT2D eigenvalue weighted by Crippen LogP contribution is 2.30. The van der Waals surface area contributed by atoms with Crippen LogP contribution in [-0.2, 0) is 6.54 Å². The number of nitrogens with zero attached hydrogens (tertiary/aromatic N) is 2. The highest BCUT2D eigenvalue weighted by atomic mass is 19.1. The summed E-state index contributed by atoms with van der Waals surface area (Å²) in [5.41, 5.74) is 9.08. The molecule has 8 heteroatoms. The van der Waals surface area contributed by atoms with Gasteiger partial charge in [-0.25, -0.2) is 9.37 Å². The van der Waals surface area contributed by atoms with Gasteiger partial charge in [-0.15, -0.1) is 0 Å². The maximum absolute atomic E-state index is 14.4. The first-order valence-electron chi connectivity index (χ1n) is 11.1. The SMILES string of the molecule is CCN1CCC(CNCc2ccc3nc(-c4c(N)c5c(F)cccc5[nH]c4=O)[nH]c3c2)C1. The van der Waals surface area contributed by atoms with E-state index in [1.54, 1.807) is 6.07 Å². The van der Waals surface area contributed by atoms with Gasteiger partial charge in [-0.3, -0.25) is 4.79 Å². The van der Waals surface area contributed by atoms with Gasteiger partial charge in [-0.05, 0) is 61.8 Å². The van der Waals surface area contributed by atoms with Crippen LogP contribution >= 0.6 is 0 Å². The summed E-state index contributed by atoms with van der Waals surface area (Å²) < 4.78 is 14.4. The molecule has 0 radical (unpaired) electrons. The first-order valence-corrected chi connectivity index (χ1v) is 11.1. The molecule has 5 rings (SSSR count). The van der Waals surface area contributed by atoms with Crippen LogP contribution in [-0.4, -0.2) is 46.0 Å². The van der Waals surface area contributed by atoms with Gasteiger partial charge in [0.05, 0.1) is 27.6 Å². The van der Waals surface area contributed by atoms with Crippen molar-refractivity contribution < 1.29 is 4.39 Å². The van der Waals surface area contributed by atoms with Crippen LogP contribution in [0, 0.1) is 11.7 Å². The molecule has 0 aliphatic carbocycles. The van der Waals surface area contributed by atoms with Gasteiger partial charge in [0.2, 0.25) is 0 Å². The van der Waals surface area contributed by atoms with Crippen LogP contribution in [0.3, 0.4) is 0 Å². The Balaban J connectivity index is 1.39. The Labute approximate surface area is 184 Å². The Kier molecular flexibility index (Phi) is 5.40. The van der Waals surface area contributed by atoms with Gasteiger partial charge in [0, 0.05) is 13.1 Å². The molecule has 1 saturated heterocycles. The molecule has 32 heavy (non-hydrogen) atoms. The fraction of sp³-hybridized carbons (Fsp3) is 0.333. The summed E-state index contributed by atoms with van der Waals surface area (Å²) in [4.78, 5) is 25.6. The first-order chi connectivity index (χ1) is 15.5. The lowest BCUT2D eigenvalue weighted by molar-refractivity contribution is 0.339. The van der Waals surface area contributed by atoms with Crippen molar-refractivity contribution in [2.24, 2.45) is 5.92 Å². The molecular formula is C24H27FN6O. The van der Waals surface area contributed by atoms with Crippen molar-refractivity contribution in [2.45, 2.75) is 19.9 Å². The van der Waals surface area contributed by atoms with Crippen LogP contribution in [0.4, 0.5) is 10.1 Å². The van der Waals surface area contributed by atoms with Crippen LogP contribution in [0.15, 0.2) is 41.2 Å². The van der Waals surface area contributed by atoms with E-state index in [1.807, 2.05) is 18.2 Å². The third kappa shape index (κ3) is 3.76. The molecule has 4 aromatic rings. The van der Waals surface area contributed by atoms with E-state index in [2.05, 4.69) is 32.1 Å². The number of fused-ring (bicyclic) bond motifs is 2. The number of imidazole rings is 1. The van der Waals surface area contributed by atoms with Crippen LogP contribution in [0.2, 0.25) is 0 Å². The van der Waals surface area contributed by atoms with Crippen molar-refractivity contribution in [3.8, 4) is 11.4 Å². The van der Waals surface area contributed by atoms with Crippen molar-refractivity contribution in [3.63, 3.8) is 0 Å². The predicted octanol–water partition coefficient (Wildman–Crippen LogP) is 3.22. The molecule has 166 valence electrons. The summed E-state index contributed by atoms with van der Waals surface area (Å²) in [7, 11) is 0. The van der Waals surface area contributed by atoms with Gasteiger partial charge in [0.25, 0.3) is 5.56 Å². The molecule has 5 N–H and O–H groups in total. The number of aromatic amines is 2. The second-order valence-corrected chi connectivity index (χ2v) is 8.52. The summed E-state index contributed by atoms with van der Waals surface area (Å²) in [5, 5.41) is 3.75. The minimum atomic E-state index is -0.480. The number of benzene rings is 2. The van der Waals surface area contributed by atoms with Crippen molar-refractivity contribution >= 4 is 27.6 Å². The topological polar surface area (TPSA) is 103 Å². The first kappa shape index (κ1) is 20.7. The maximum atomic E-state index is 14.4. The normalized spacial score (nSPS) is 17.0. The van der Waals surface area contributed by atoms with Gasteiger partial charge in [0.15, 0.2) is 0 Å². The molecule has 0 bridgehead atoms. The Hall–Kier alpha value is -3.23. The van der Waals surface area contributed by atoms with Crippen molar-refractivity contribution in [1.82, 2.24) is 25.2 Å². The Morgan fingerprint density at radius 3 is 2.94 bits per heavy atom. The number of nitrogens with one attached hydrogen (secondary N) is 3. The van der Waals surface area contributed by atoms with Crippen LogP contribution in [0.5, 0.6) is 0 Å². The lowest BCUT2D eigenvalue weighted by Gasteiger charge is -2.13. The number of likely N-dealkylation sites (tertiary alicyclic amines) is 1. The zero-order valence-corrected chi connectivity index (χ0v) is 18.0. The van der Waals surface area contributed by atoms with E-state index in [9.17, 15) is 9.18 Å². The van der Waals surface area contributed by atoms with Crippen LogP contribution < -0.4 is 16.6 Å². The maximum Gasteiger partial charge on any atom is 0.261 e. The summed E-state index contributed by atoms with van der Waals surface area (Å²) in [5.74, 6) is 0.548. The fourth-order valence-corrected chi connectivity index (χ4v) is 4.64. The number of hydrogen-bond acceptors (Lipinski definition) is 5. The van der Waals surface area contributed by atoms with Crippen molar-refractivity contribution in [1.29, 1.82) is 0 Å². The molecule has 0 amide bonds. The fourth-order valence-electron chi connectivity index (χ4n) is 4.64. The van der Waals surface area contributed by atoms with E-state index in [0.717, 1.165) is 42.8 Å². The van der Waals surface area contributed by atoms with Crippen LogP contribution in [0.1, 0.15) is 18.9 Å². The van der Waals surface area contributed by atoms with Gasteiger partial charge in [-0.1, -0.05) is 19.1 Å². The van der Waals surface area contributed by atoms with E-state index in [4.69, 9.17) is 5.73 Å². The molecule has 0 saturated carbocycles. The molecule has 0 spiro atoms. The summed E-state index contributed by atoms with van der Waals surface area (Å²) in [6, 6.07) is 10.5. The van der Waals surface area contributed by atoms with Gasteiger partial charge in [0.1, 0.15) is 17.2 Å². The second kappa shape index (κ2) is 8.37. The van der Waals surface area contributed by atoms with Crippen molar-refractivity contribution in [3.05, 3.63) is 58.1 Å². The van der Waals surface area contributed by atoms with E-state index in [1.165, 1.54) is 25.1 Å². The third-order valence-corrected chi connectivity index (χ3v) is 6.39. The zero-order chi connectivity index (χ0) is 22.2. The lowest BCUT2D eigenvalue weighted by Crippen LogP contribution is -2.26. The van der Waals surface area contributed by atoms with Gasteiger partial charge >= 0.3 is 0 Å². The number of nitrogens with two attached hydrogens (primary N) is 1. The average Bonchev–Trinajstić information content (AvgIpc) is 3.40. The molecule has 2 aromatic heterocycles. The standard InChI is InChI=1S/C24H27FN6O/c1-2-31-9-8-15(13-31)12-27-11-14-6-7-17-19(10-14)29-23(28-17)21-22(26)20-16(25)4-3-5-18(20)30-24(21)32/h3-7,10,15,27H,2,8-9,11-13H2,1H3,(H,28,29)(H3,26,30,32). The minimum absolute atomic E-state index is 0.0838. The Morgan fingerprint density at radius 2 is 2.12 bits per heavy atom. The summed E-state index contributed by atoms with van der Waals surface area (Å²) >= 11 is 0. The van der Waals surface area contributed by atoms with E-state index >= 15 is 0 Å². The molecule has 2 aromatic carbocycles. The van der Waals surface area contributed by atoms with Gasteiger partial charge in [-0.2, -0.15) is 0 Å². The quantitative estimate of drug-likeness (QED) is 0.373. The lowest BCUT2D eigenvalue weighted by atomic mass is 10.1. The number of nitrogen functional groups attached to an aromatic ring is 1. The molecule has 1 unspecified atom stereocenters. The van der Waals surface area contributed by atoms with E-state index in [0.29, 0.717) is 17.3 Å². The van der Waals surface area contributed by atoms with Crippen molar-refractivity contribution in [2.75, 3.05) is 31.9 Å². The second-order valence-electron chi connectivity index (χ2n) is 8.52. The zero-order valence-electron chi connectivity index (χ0n) is 18.0. The van der Waals surface area contributed by atoms with Gasteiger partial charge < -0.3 is 25.9 Å². The highest BCUT2D eigenvalue weighted by Gasteiger charge is 2.21. The molecule has 3 heterocycles. The monoisotopic (exact) mass is 434 g/mol. The molecule has 1 fully saturated rings. The number of halogens is 1. The number of anilines is 1. The number of H-pyrrole nitrogens is 2. The van der Waals surface area contributed by atoms with E-state index in [-0.39, 0.29) is 16.6 Å². The number of pyridine rings is 1. The minimum Gasteiger partial charge on any atom is -0.397 e. The average molecular weight is 435 g/mol. The number of hydrogen-bond donors (Lipinski definition) is 4. The molecule has 1 aliphatic heterocycles. The third-order valence-electron chi connectivity index (χ3n) is 6.39.